The minimum atomic E-state index is -0.354. The molecule has 0 N–H and O–H groups in total. The second-order valence-electron chi connectivity index (χ2n) is 3.23. The van der Waals surface area contributed by atoms with E-state index in [1.165, 1.54) is 6.20 Å². The molecule has 5 heteroatoms. The smallest absolute Gasteiger partial charge is 0.341 e. The molecular formula is C11H12N2O3. The monoisotopic (exact) mass is 220 g/mol. The first-order chi connectivity index (χ1) is 7.79. The van der Waals surface area contributed by atoms with E-state index in [1.807, 2.05) is 12.1 Å². The number of carbonyl (C=O) groups is 1. The molecule has 2 aromatic heterocycles. The molecule has 0 unspecified atom stereocenters. The highest BCUT2D eigenvalue weighted by Gasteiger charge is 2.09. The van der Waals surface area contributed by atoms with E-state index in [-0.39, 0.29) is 5.97 Å². The third-order valence-corrected chi connectivity index (χ3v) is 2.04. The van der Waals surface area contributed by atoms with Gasteiger partial charge in [-0.05, 0) is 19.1 Å². The van der Waals surface area contributed by atoms with Crippen LogP contribution in [-0.2, 0) is 11.3 Å². The van der Waals surface area contributed by atoms with Crippen molar-refractivity contribution in [2.24, 2.45) is 0 Å². The van der Waals surface area contributed by atoms with Crippen LogP contribution in [0.4, 0.5) is 0 Å². The molecule has 2 aromatic rings. The highest BCUT2D eigenvalue weighted by Crippen LogP contribution is 2.05. The lowest BCUT2D eigenvalue weighted by Gasteiger charge is -1.97. The molecule has 16 heavy (non-hydrogen) atoms. The molecule has 0 bridgehead atoms. The Hall–Kier alpha value is -2.04. The molecule has 0 saturated heterocycles. The standard InChI is InChI=1S/C11H12N2O3/c1-2-15-11(14)9-6-12-13(7-9)8-10-4-3-5-16-10/h3-7H,2,8H2,1H3. The minimum Gasteiger partial charge on any atom is -0.467 e. The lowest BCUT2D eigenvalue weighted by Crippen LogP contribution is -2.03. The Balaban J connectivity index is 2.05. The quantitative estimate of drug-likeness (QED) is 0.736. The summed E-state index contributed by atoms with van der Waals surface area (Å²) in [5.74, 6) is 0.437. The zero-order valence-corrected chi connectivity index (χ0v) is 8.92. The summed E-state index contributed by atoms with van der Waals surface area (Å²) in [5.41, 5.74) is 0.452. The third kappa shape index (κ3) is 2.31. The van der Waals surface area contributed by atoms with E-state index in [0.29, 0.717) is 18.7 Å². The number of carbonyl (C=O) groups excluding carboxylic acids is 1. The first-order valence-corrected chi connectivity index (χ1v) is 5.01. The highest BCUT2D eigenvalue weighted by atomic mass is 16.5. The lowest BCUT2D eigenvalue weighted by molar-refractivity contribution is 0.0526. The van der Waals surface area contributed by atoms with E-state index >= 15 is 0 Å². The molecule has 0 aromatic carbocycles. The number of rotatable bonds is 4. The topological polar surface area (TPSA) is 57.3 Å². The molecule has 0 fully saturated rings. The Labute approximate surface area is 92.6 Å². The molecule has 0 aliphatic rings. The summed E-state index contributed by atoms with van der Waals surface area (Å²) in [7, 11) is 0. The Bertz CT molecular complexity index is 459. The zero-order chi connectivity index (χ0) is 11.4. The third-order valence-electron chi connectivity index (χ3n) is 2.04. The van der Waals surface area contributed by atoms with Gasteiger partial charge in [-0.15, -0.1) is 0 Å². The van der Waals surface area contributed by atoms with Crippen molar-refractivity contribution in [2.45, 2.75) is 13.5 Å². The van der Waals surface area contributed by atoms with E-state index in [1.54, 1.807) is 24.1 Å². The molecular weight excluding hydrogens is 208 g/mol. The average molecular weight is 220 g/mol. The number of aromatic nitrogens is 2. The fraction of sp³-hybridized carbons (Fsp3) is 0.273. The van der Waals surface area contributed by atoms with Gasteiger partial charge in [0.15, 0.2) is 0 Å². The lowest BCUT2D eigenvalue weighted by atomic mass is 10.4. The molecule has 0 radical (unpaired) electrons. The van der Waals surface area contributed by atoms with Crippen LogP contribution in [-0.4, -0.2) is 22.4 Å². The van der Waals surface area contributed by atoms with Crippen molar-refractivity contribution in [1.82, 2.24) is 9.78 Å². The van der Waals surface area contributed by atoms with Gasteiger partial charge in [0.05, 0.1) is 31.2 Å². The van der Waals surface area contributed by atoms with Crippen LogP contribution in [0.25, 0.3) is 0 Å². The molecule has 5 nitrogen and oxygen atoms in total. The summed E-state index contributed by atoms with van der Waals surface area (Å²) in [5, 5.41) is 4.05. The van der Waals surface area contributed by atoms with Gasteiger partial charge >= 0.3 is 5.97 Å². The van der Waals surface area contributed by atoms with Crippen LogP contribution in [0.1, 0.15) is 23.0 Å². The summed E-state index contributed by atoms with van der Waals surface area (Å²) in [6.07, 6.45) is 4.73. The first kappa shape index (κ1) is 10.5. The van der Waals surface area contributed by atoms with E-state index in [4.69, 9.17) is 9.15 Å². The number of furan rings is 1. The van der Waals surface area contributed by atoms with Crippen LogP contribution in [0.2, 0.25) is 0 Å². The van der Waals surface area contributed by atoms with E-state index < -0.39 is 0 Å². The number of esters is 1. The predicted octanol–water partition coefficient (Wildman–Crippen LogP) is 1.70. The van der Waals surface area contributed by atoms with Crippen molar-refractivity contribution in [3.05, 3.63) is 42.1 Å². The fourth-order valence-electron chi connectivity index (χ4n) is 1.33. The fourth-order valence-corrected chi connectivity index (χ4v) is 1.33. The Kier molecular flexibility index (Phi) is 3.05. The second kappa shape index (κ2) is 4.65. The Morgan fingerprint density at radius 3 is 3.19 bits per heavy atom. The number of ether oxygens (including phenoxy) is 1. The first-order valence-electron chi connectivity index (χ1n) is 5.01. The van der Waals surface area contributed by atoms with E-state index in [9.17, 15) is 4.79 Å². The van der Waals surface area contributed by atoms with Crippen molar-refractivity contribution in [3.63, 3.8) is 0 Å². The summed E-state index contributed by atoms with van der Waals surface area (Å²) in [6, 6.07) is 3.66. The molecule has 0 aliphatic carbocycles. The molecule has 0 amide bonds. The van der Waals surface area contributed by atoms with Gasteiger partial charge in [0.2, 0.25) is 0 Å². The maximum atomic E-state index is 11.4. The van der Waals surface area contributed by atoms with E-state index in [2.05, 4.69) is 5.10 Å². The van der Waals surface area contributed by atoms with Crippen LogP contribution in [0.15, 0.2) is 35.2 Å². The second-order valence-corrected chi connectivity index (χ2v) is 3.23. The summed E-state index contributed by atoms with van der Waals surface area (Å²) >= 11 is 0. The van der Waals surface area contributed by atoms with Gasteiger partial charge in [0.1, 0.15) is 5.76 Å². The summed E-state index contributed by atoms with van der Waals surface area (Å²) in [6.45, 7) is 2.64. The van der Waals surface area contributed by atoms with Crippen LogP contribution in [0.3, 0.4) is 0 Å². The molecule has 2 rings (SSSR count). The van der Waals surface area contributed by atoms with Crippen LogP contribution in [0.5, 0.6) is 0 Å². The van der Waals surface area contributed by atoms with Crippen molar-refractivity contribution < 1.29 is 13.9 Å². The molecule has 0 spiro atoms. The van der Waals surface area contributed by atoms with Gasteiger partial charge in [0.25, 0.3) is 0 Å². The average Bonchev–Trinajstić information content (AvgIpc) is 2.90. The summed E-state index contributed by atoms with van der Waals surface area (Å²) < 4.78 is 11.7. The molecule has 0 saturated carbocycles. The Morgan fingerprint density at radius 2 is 2.50 bits per heavy atom. The molecule has 0 atom stereocenters. The minimum absolute atomic E-state index is 0.354. The maximum Gasteiger partial charge on any atom is 0.341 e. The van der Waals surface area contributed by atoms with Gasteiger partial charge in [-0.2, -0.15) is 5.10 Å². The largest absolute Gasteiger partial charge is 0.467 e. The van der Waals surface area contributed by atoms with Gasteiger partial charge in [-0.25, -0.2) is 4.79 Å². The number of hydrogen-bond donors (Lipinski definition) is 0. The normalized spacial score (nSPS) is 10.3. The molecule has 84 valence electrons. The van der Waals surface area contributed by atoms with Crippen molar-refractivity contribution >= 4 is 5.97 Å². The number of hydrogen-bond acceptors (Lipinski definition) is 4. The predicted molar refractivity (Wildman–Crippen MR) is 56.0 cm³/mol. The van der Waals surface area contributed by atoms with Crippen LogP contribution < -0.4 is 0 Å². The van der Waals surface area contributed by atoms with E-state index in [0.717, 1.165) is 5.76 Å². The van der Waals surface area contributed by atoms with Crippen LogP contribution >= 0.6 is 0 Å². The number of nitrogens with zero attached hydrogens (tertiary/aromatic N) is 2. The SMILES string of the molecule is CCOC(=O)c1cnn(Cc2ccco2)c1. The van der Waals surface area contributed by atoms with Crippen molar-refractivity contribution in [1.29, 1.82) is 0 Å². The van der Waals surface area contributed by atoms with Crippen molar-refractivity contribution in [2.75, 3.05) is 6.61 Å². The van der Waals surface area contributed by atoms with Gasteiger partial charge in [0, 0.05) is 6.20 Å². The Morgan fingerprint density at radius 1 is 1.62 bits per heavy atom. The molecule has 0 aliphatic heterocycles. The molecule has 2 heterocycles. The zero-order valence-electron chi connectivity index (χ0n) is 8.92. The van der Waals surface area contributed by atoms with Gasteiger partial charge in [-0.3, -0.25) is 4.68 Å². The van der Waals surface area contributed by atoms with Crippen LogP contribution in [0, 0.1) is 0 Å². The summed E-state index contributed by atoms with van der Waals surface area (Å²) in [4.78, 5) is 11.4. The highest BCUT2D eigenvalue weighted by molar-refractivity contribution is 5.88. The van der Waals surface area contributed by atoms with Gasteiger partial charge < -0.3 is 9.15 Å². The maximum absolute atomic E-state index is 11.4. The van der Waals surface area contributed by atoms with Crippen molar-refractivity contribution in [3.8, 4) is 0 Å². The van der Waals surface area contributed by atoms with Gasteiger partial charge in [-0.1, -0.05) is 0 Å².